The Morgan fingerprint density at radius 2 is 2.09 bits per heavy atom. The van der Waals surface area contributed by atoms with Gasteiger partial charge < -0.3 is 5.32 Å². The predicted molar refractivity (Wildman–Crippen MR) is 90.9 cm³/mol. The highest BCUT2D eigenvalue weighted by molar-refractivity contribution is 6.30. The van der Waals surface area contributed by atoms with Crippen LogP contribution < -0.4 is 5.32 Å². The highest BCUT2D eigenvalue weighted by atomic mass is 35.5. The van der Waals surface area contributed by atoms with Crippen LogP contribution in [-0.2, 0) is 0 Å². The van der Waals surface area contributed by atoms with Gasteiger partial charge in [-0.05, 0) is 41.7 Å². The van der Waals surface area contributed by atoms with E-state index < -0.39 is 0 Å². The maximum Gasteiger partial charge on any atom is 0.269 e. The van der Waals surface area contributed by atoms with Crippen LogP contribution in [0.15, 0.2) is 54.6 Å². The van der Waals surface area contributed by atoms with E-state index in [2.05, 4.69) is 17.5 Å². The number of nitro benzene ring substituents is 1. The summed E-state index contributed by atoms with van der Waals surface area (Å²) in [5.41, 5.74) is 3.35. The first-order valence-corrected chi connectivity index (χ1v) is 7.98. The molecule has 0 aromatic heterocycles. The molecule has 2 aromatic rings. The fourth-order valence-corrected chi connectivity index (χ4v) is 3.91. The van der Waals surface area contributed by atoms with Crippen LogP contribution in [0.2, 0.25) is 5.02 Å². The van der Waals surface area contributed by atoms with E-state index in [1.54, 1.807) is 12.1 Å². The molecule has 1 aliphatic heterocycles. The summed E-state index contributed by atoms with van der Waals surface area (Å²) in [5, 5.41) is 15.3. The number of nitro groups is 1. The van der Waals surface area contributed by atoms with Gasteiger partial charge in [0.15, 0.2) is 0 Å². The summed E-state index contributed by atoms with van der Waals surface area (Å²) >= 11 is 6.15. The van der Waals surface area contributed by atoms with Gasteiger partial charge in [-0.15, -0.1) is 0 Å². The van der Waals surface area contributed by atoms with Crippen LogP contribution >= 0.6 is 11.6 Å². The molecule has 5 heteroatoms. The Labute approximate surface area is 138 Å². The van der Waals surface area contributed by atoms with Gasteiger partial charge in [-0.1, -0.05) is 35.9 Å². The quantitative estimate of drug-likeness (QED) is 0.476. The van der Waals surface area contributed by atoms with Crippen molar-refractivity contribution in [1.29, 1.82) is 0 Å². The second-order valence-corrected chi connectivity index (χ2v) is 6.50. The van der Waals surface area contributed by atoms with E-state index in [1.165, 1.54) is 11.6 Å². The van der Waals surface area contributed by atoms with Crippen LogP contribution in [0.5, 0.6) is 0 Å². The van der Waals surface area contributed by atoms with Gasteiger partial charge >= 0.3 is 0 Å². The minimum absolute atomic E-state index is 0.0589. The van der Waals surface area contributed by atoms with Gasteiger partial charge in [0, 0.05) is 28.8 Å². The largest absolute Gasteiger partial charge is 0.378 e. The molecule has 3 atom stereocenters. The van der Waals surface area contributed by atoms with E-state index >= 15 is 0 Å². The van der Waals surface area contributed by atoms with E-state index in [4.69, 9.17) is 11.6 Å². The topological polar surface area (TPSA) is 55.2 Å². The minimum atomic E-state index is -0.343. The number of fused-ring (bicyclic) bond motifs is 3. The third-order valence-electron chi connectivity index (χ3n) is 4.76. The van der Waals surface area contributed by atoms with Crippen molar-refractivity contribution in [3.63, 3.8) is 0 Å². The Hall–Kier alpha value is -2.33. The molecule has 23 heavy (non-hydrogen) atoms. The molecule has 4 rings (SSSR count). The zero-order valence-electron chi connectivity index (χ0n) is 12.3. The monoisotopic (exact) mass is 326 g/mol. The van der Waals surface area contributed by atoms with Gasteiger partial charge in [-0.2, -0.15) is 0 Å². The lowest BCUT2D eigenvalue weighted by molar-refractivity contribution is -0.384. The third kappa shape index (κ3) is 2.39. The van der Waals surface area contributed by atoms with E-state index in [1.807, 2.05) is 24.3 Å². The summed E-state index contributed by atoms with van der Waals surface area (Å²) < 4.78 is 0. The van der Waals surface area contributed by atoms with Crippen molar-refractivity contribution in [3.8, 4) is 0 Å². The van der Waals surface area contributed by atoms with Gasteiger partial charge in [0.1, 0.15) is 0 Å². The van der Waals surface area contributed by atoms with Crippen LogP contribution in [0, 0.1) is 16.0 Å². The average Bonchev–Trinajstić information content (AvgIpc) is 3.04. The van der Waals surface area contributed by atoms with Crippen molar-refractivity contribution < 1.29 is 4.92 Å². The highest BCUT2D eigenvalue weighted by Gasteiger charge is 2.38. The molecule has 2 aromatic carbocycles. The molecule has 2 aliphatic rings. The maximum absolute atomic E-state index is 11.1. The van der Waals surface area contributed by atoms with Crippen LogP contribution in [0.25, 0.3) is 0 Å². The van der Waals surface area contributed by atoms with E-state index in [-0.39, 0.29) is 16.7 Å². The van der Waals surface area contributed by atoms with Gasteiger partial charge in [0.25, 0.3) is 5.69 Å². The van der Waals surface area contributed by atoms with Crippen molar-refractivity contribution in [2.75, 3.05) is 5.32 Å². The molecule has 4 nitrogen and oxygen atoms in total. The third-order valence-corrected chi connectivity index (χ3v) is 5.00. The lowest BCUT2D eigenvalue weighted by atomic mass is 9.77. The Morgan fingerprint density at radius 3 is 2.91 bits per heavy atom. The number of hydrogen-bond donors (Lipinski definition) is 1. The number of allylic oxidation sites excluding steroid dienone is 2. The summed E-state index contributed by atoms with van der Waals surface area (Å²) in [5.74, 6) is 0.650. The number of nitrogens with one attached hydrogen (secondary N) is 1. The van der Waals surface area contributed by atoms with Gasteiger partial charge in [-0.25, -0.2) is 0 Å². The Balaban J connectivity index is 1.78. The van der Waals surface area contributed by atoms with Crippen LogP contribution in [0.3, 0.4) is 0 Å². The normalized spacial score (nSPS) is 24.7. The number of hydrogen-bond acceptors (Lipinski definition) is 3. The zero-order chi connectivity index (χ0) is 16.0. The maximum atomic E-state index is 11.1. The lowest BCUT2D eigenvalue weighted by Gasteiger charge is -2.37. The predicted octanol–water partition coefficient (Wildman–Crippen LogP) is 5.07. The lowest BCUT2D eigenvalue weighted by Crippen LogP contribution is -2.29. The van der Waals surface area contributed by atoms with E-state index in [0.29, 0.717) is 11.8 Å². The summed E-state index contributed by atoms with van der Waals surface area (Å²) in [6.45, 7) is 0. The molecular weight excluding hydrogens is 312 g/mol. The van der Waals surface area contributed by atoms with Crippen LogP contribution in [0.4, 0.5) is 11.4 Å². The number of rotatable bonds is 2. The standard InChI is InChI=1S/C18H15ClN2O2/c19-12-7-8-17-16(10-12)14-5-2-6-15(14)18(20-17)11-3-1-4-13(9-11)21(22)23/h1-5,7-10,14-15,18,20H,6H2/t14-,15+,18-/m0/s1. The molecule has 0 unspecified atom stereocenters. The number of anilines is 1. The second kappa shape index (κ2) is 5.39. The number of non-ortho nitro benzene ring substituents is 1. The summed E-state index contributed by atoms with van der Waals surface area (Å²) in [4.78, 5) is 10.7. The molecule has 0 radical (unpaired) electrons. The number of halogens is 1. The van der Waals surface area contributed by atoms with Crippen molar-refractivity contribution in [3.05, 3.63) is 80.9 Å². The molecule has 1 heterocycles. The average molecular weight is 327 g/mol. The fourth-order valence-electron chi connectivity index (χ4n) is 3.73. The molecule has 0 spiro atoms. The fraction of sp³-hybridized carbons (Fsp3) is 0.222. The first kappa shape index (κ1) is 14.3. The molecule has 0 amide bonds. The molecule has 0 saturated carbocycles. The molecule has 1 N–H and O–H groups in total. The molecule has 116 valence electrons. The van der Waals surface area contributed by atoms with Crippen LogP contribution in [-0.4, -0.2) is 4.92 Å². The molecule has 0 saturated heterocycles. The number of nitrogens with zero attached hydrogens (tertiary/aromatic N) is 1. The molecular formula is C18H15ClN2O2. The van der Waals surface area contributed by atoms with Crippen molar-refractivity contribution in [1.82, 2.24) is 0 Å². The minimum Gasteiger partial charge on any atom is -0.378 e. The number of benzene rings is 2. The van der Waals surface area contributed by atoms with Crippen molar-refractivity contribution in [2.24, 2.45) is 5.92 Å². The Kier molecular flexibility index (Phi) is 3.34. The van der Waals surface area contributed by atoms with Gasteiger partial charge in [-0.3, -0.25) is 10.1 Å². The summed E-state index contributed by atoms with van der Waals surface area (Å²) in [7, 11) is 0. The first-order chi connectivity index (χ1) is 11.1. The smallest absolute Gasteiger partial charge is 0.269 e. The summed E-state index contributed by atoms with van der Waals surface area (Å²) in [6, 6.07) is 12.9. The molecule has 0 bridgehead atoms. The highest BCUT2D eigenvalue weighted by Crippen LogP contribution is 2.50. The van der Waals surface area contributed by atoms with Crippen molar-refractivity contribution in [2.45, 2.75) is 18.4 Å². The van der Waals surface area contributed by atoms with E-state index in [0.717, 1.165) is 22.7 Å². The molecule has 1 aliphatic carbocycles. The van der Waals surface area contributed by atoms with Gasteiger partial charge in [0.05, 0.1) is 11.0 Å². The van der Waals surface area contributed by atoms with Gasteiger partial charge in [0.2, 0.25) is 0 Å². The Morgan fingerprint density at radius 1 is 1.22 bits per heavy atom. The summed E-state index contributed by atoms with van der Waals surface area (Å²) in [6.07, 6.45) is 5.37. The van der Waals surface area contributed by atoms with Crippen molar-refractivity contribution >= 4 is 23.0 Å². The van der Waals surface area contributed by atoms with Crippen LogP contribution in [0.1, 0.15) is 29.5 Å². The Bertz CT molecular complexity index is 818. The first-order valence-electron chi connectivity index (χ1n) is 7.60. The SMILES string of the molecule is O=[N+]([O-])c1cccc([C@@H]2Nc3ccc(Cl)cc3[C@H]3C=CC[C@H]32)c1. The molecule has 0 fully saturated rings. The van der Waals surface area contributed by atoms with E-state index in [9.17, 15) is 10.1 Å². The second-order valence-electron chi connectivity index (χ2n) is 6.06. The zero-order valence-corrected chi connectivity index (χ0v) is 13.0.